The molecule has 1 aliphatic heterocycles. The Morgan fingerprint density at radius 2 is 1.88 bits per heavy atom. The molecule has 0 radical (unpaired) electrons. The van der Waals surface area contributed by atoms with Gasteiger partial charge in [0.25, 0.3) is 5.91 Å². The van der Waals surface area contributed by atoms with Crippen LogP contribution in [0.2, 0.25) is 0 Å². The Morgan fingerprint density at radius 1 is 1.09 bits per heavy atom. The number of rotatable bonds is 5. The molecule has 1 aliphatic rings. The van der Waals surface area contributed by atoms with Crippen molar-refractivity contribution in [3.05, 3.63) is 72.6 Å². The highest BCUT2D eigenvalue weighted by molar-refractivity contribution is 5.94. The van der Waals surface area contributed by atoms with Crippen LogP contribution in [-0.2, 0) is 0 Å². The van der Waals surface area contributed by atoms with E-state index in [9.17, 15) is 14.7 Å². The van der Waals surface area contributed by atoms with Crippen LogP contribution in [0.15, 0.2) is 67.0 Å². The van der Waals surface area contributed by atoms with Crippen LogP contribution in [0.4, 0.5) is 4.79 Å². The van der Waals surface area contributed by atoms with Gasteiger partial charge in [0.2, 0.25) is 0 Å². The maximum Gasteiger partial charge on any atom is 0.407 e. The fourth-order valence-corrected chi connectivity index (χ4v) is 4.38. The number of piperidine rings is 1. The van der Waals surface area contributed by atoms with Crippen LogP contribution in [0.25, 0.3) is 33.5 Å². The average molecular weight is 456 g/mol. The fourth-order valence-electron chi connectivity index (χ4n) is 4.38. The molecule has 1 unspecified atom stereocenters. The van der Waals surface area contributed by atoms with E-state index in [4.69, 9.17) is 4.98 Å². The van der Waals surface area contributed by atoms with E-state index in [1.54, 1.807) is 24.5 Å². The Balaban J connectivity index is 1.25. The van der Waals surface area contributed by atoms with Gasteiger partial charge in [0, 0.05) is 41.7 Å². The number of nitrogens with one attached hydrogen (secondary N) is 2. The van der Waals surface area contributed by atoms with E-state index in [0.717, 1.165) is 46.4 Å². The van der Waals surface area contributed by atoms with Crippen molar-refractivity contribution in [2.75, 3.05) is 19.6 Å². The zero-order valence-electron chi connectivity index (χ0n) is 18.6. The minimum absolute atomic E-state index is 0.135. The van der Waals surface area contributed by atoms with E-state index in [0.29, 0.717) is 25.2 Å². The van der Waals surface area contributed by atoms with Crippen molar-refractivity contribution in [1.82, 2.24) is 25.2 Å². The minimum Gasteiger partial charge on any atom is -0.465 e. The molecule has 34 heavy (non-hydrogen) atoms. The molecule has 3 N–H and O–H groups in total. The molecule has 1 fully saturated rings. The molecule has 1 atom stereocenters. The Morgan fingerprint density at radius 3 is 2.68 bits per heavy atom. The van der Waals surface area contributed by atoms with Crippen molar-refractivity contribution in [2.24, 2.45) is 5.92 Å². The molecule has 8 heteroatoms. The largest absolute Gasteiger partial charge is 0.465 e. The molecule has 2 amide bonds. The maximum absolute atomic E-state index is 12.6. The molecule has 4 aromatic rings. The zero-order chi connectivity index (χ0) is 23.5. The summed E-state index contributed by atoms with van der Waals surface area (Å²) in [6, 6.07) is 17.4. The minimum atomic E-state index is -0.900. The van der Waals surface area contributed by atoms with Crippen LogP contribution in [0.3, 0.4) is 0 Å². The summed E-state index contributed by atoms with van der Waals surface area (Å²) in [6.45, 7) is 1.48. The van der Waals surface area contributed by atoms with Gasteiger partial charge >= 0.3 is 6.09 Å². The monoisotopic (exact) mass is 455 g/mol. The number of amides is 2. The molecule has 1 saturated heterocycles. The number of hydrogen-bond acceptors (Lipinski definition) is 4. The Bertz CT molecular complexity index is 1300. The first-order valence-electron chi connectivity index (χ1n) is 11.3. The Labute approximate surface area is 196 Å². The second-order valence-electron chi connectivity index (χ2n) is 8.58. The van der Waals surface area contributed by atoms with Gasteiger partial charge in [0.1, 0.15) is 5.69 Å². The highest BCUT2D eigenvalue weighted by Gasteiger charge is 2.23. The normalized spacial score (nSPS) is 15.9. The second kappa shape index (κ2) is 9.35. The van der Waals surface area contributed by atoms with Crippen molar-refractivity contribution in [3.8, 4) is 22.6 Å². The van der Waals surface area contributed by atoms with E-state index < -0.39 is 6.09 Å². The predicted octanol–water partition coefficient (Wildman–Crippen LogP) is 4.41. The number of aromatic nitrogens is 3. The van der Waals surface area contributed by atoms with Crippen LogP contribution >= 0.6 is 0 Å². The Hall–Kier alpha value is -4.20. The number of carboxylic acid groups (broad SMARTS) is 1. The first kappa shape index (κ1) is 21.6. The number of nitrogens with zero attached hydrogens (tertiary/aromatic N) is 3. The van der Waals surface area contributed by atoms with Gasteiger partial charge in [-0.15, -0.1) is 0 Å². The van der Waals surface area contributed by atoms with Crippen LogP contribution in [-0.4, -0.2) is 56.6 Å². The van der Waals surface area contributed by atoms with Gasteiger partial charge in [-0.2, -0.15) is 0 Å². The zero-order valence-corrected chi connectivity index (χ0v) is 18.6. The van der Waals surface area contributed by atoms with Crippen LogP contribution in [0, 0.1) is 5.92 Å². The van der Waals surface area contributed by atoms with Crippen molar-refractivity contribution in [2.45, 2.75) is 12.8 Å². The van der Waals surface area contributed by atoms with Crippen molar-refractivity contribution in [3.63, 3.8) is 0 Å². The third kappa shape index (κ3) is 4.61. The molecule has 172 valence electrons. The molecular weight excluding hydrogens is 430 g/mol. The lowest BCUT2D eigenvalue weighted by Gasteiger charge is -2.30. The molecule has 3 heterocycles. The molecule has 2 aromatic heterocycles. The number of likely N-dealkylation sites (tertiary alicyclic amines) is 1. The topological polar surface area (TPSA) is 111 Å². The number of fused-ring (bicyclic) bond motifs is 1. The quantitative estimate of drug-likeness (QED) is 0.413. The van der Waals surface area contributed by atoms with Gasteiger partial charge < -0.3 is 20.3 Å². The maximum atomic E-state index is 12.6. The van der Waals surface area contributed by atoms with E-state index in [-0.39, 0.29) is 11.8 Å². The number of benzene rings is 2. The molecule has 0 saturated carbocycles. The van der Waals surface area contributed by atoms with Gasteiger partial charge in [0.15, 0.2) is 0 Å². The summed E-state index contributed by atoms with van der Waals surface area (Å²) >= 11 is 0. The van der Waals surface area contributed by atoms with Crippen LogP contribution in [0.5, 0.6) is 0 Å². The van der Waals surface area contributed by atoms with Crippen LogP contribution in [0.1, 0.15) is 23.2 Å². The number of H-pyrrole nitrogens is 1. The third-order valence-corrected chi connectivity index (χ3v) is 6.22. The lowest BCUT2D eigenvalue weighted by molar-refractivity contribution is 0.0928. The number of hydrogen-bond donors (Lipinski definition) is 3. The molecular formula is C26H25N5O3. The summed E-state index contributed by atoms with van der Waals surface area (Å²) in [5, 5.41) is 13.2. The summed E-state index contributed by atoms with van der Waals surface area (Å²) < 4.78 is 0. The lowest BCUT2D eigenvalue weighted by Crippen LogP contribution is -2.43. The third-order valence-electron chi connectivity index (χ3n) is 6.22. The van der Waals surface area contributed by atoms with Gasteiger partial charge in [-0.3, -0.25) is 9.78 Å². The van der Waals surface area contributed by atoms with E-state index in [1.165, 1.54) is 4.90 Å². The van der Waals surface area contributed by atoms with Crippen molar-refractivity contribution >= 4 is 22.9 Å². The van der Waals surface area contributed by atoms with Gasteiger partial charge in [-0.1, -0.05) is 30.3 Å². The summed E-state index contributed by atoms with van der Waals surface area (Å²) in [7, 11) is 0. The first-order chi connectivity index (χ1) is 16.6. The standard InChI is InChI=1S/C26H25N5O3/c32-25(28-13-17-4-3-11-31(16-17)26(33)34)19-9-7-18(8-10-19)23-14-27-15-24(30-23)22-12-20-5-1-2-6-21(20)29-22/h1-2,5-10,12,14-15,17,29H,3-4,11,13,16H2,(H,28,32)(H,33,34). The number of carbonyl (C=O) groups is 2. The van der Waals surface area contributed by atoms with Gasteiger partial charge in [-0.25, -0.2) is 9.78 Å². The fraction of sp³-hybridized carbons (Fsp3) is 0.231. The number of para-hydroxylation sites is 1. The average Bonchev–Trinajstić information content (AvgIpc) is 3.32. The molecule has 0 bridgehead atoms. The number of aromatic amines is 1. The summed E-state index contributed by atoms with van der Waals surface area (Å²) in [5.74, 6) is -0.0346. The predicted molar refractivity (Wildman–Crippen MR) is 129 cm³/mol. The smallest absolute Gasteiger partial charge is 0.407 e. The molecule has 8 nitrogen and oxygen atoms in total. The van der Waals surface area contributed by atoms with E-state index in [2.05, 4.69) is 21.4 Å². The van der Waals surface area contributed by atoms with Gasteiger partial charge in [-0.05, 0) is 43.0 Å². The first-order valence-corrected chi connectivity index (χ1v) is 11.3. The number of carbonyl (C=O) groups excluding carboxylic acids is 1. The van der Waals surface area contributed by atoms with E-state index >= 15 is 0 Å². The summed E-state index contributed by atoms with van der Waals surface area (Å²) in [6.07, 6.45) is 4.27. The highest BCUT2D eigenvalue weighted by atomic mass is 16.4. The SMILES string of the molecule is O=C(NCC1CCCN(C(=O)O)C1)c1ccc(-c2cncc(-c3cc4ccccc4[nH]3)n2)cc1. The molecule has 0 spiro atoms. The van der Waals surface area contributed by atoms with E-state index in [1.807, 2.05) is 36.4 Å². The lowest BCUT2D eigenvalue weighted by atomic mass is 9.98. The summed E-state index contributed by atoms with van der Waals surface area (Å²) in [5.41, 5.74) is 4.83. The second-order valence-corrected chi connectivity index (χ2v) is 8.58. The van der Waals surface area contributed by atoms with Crippen molar-refractivity contribution < 1.29 is 14.7 Å². The molecule has 5 rings (SSSR count). The molecule has 2 aromatic carbocycles. The van der Waals surface area contributed by atoms with Crippen molar-refractivity contribution in [1.29, 1.82) is 0 Å². The van der Waals surface area contributed by atoms with Gasteiger partial charge in [0.05, 0.1) is 23.8 Å². The molecule has 0 aliphatic carbocycles. The van der Waals surface area contributed by atoms with Crippen LogP contribution < -0.4 is 5.32 Å². The summed E-state index contributed by atoms with van der Waals surface area (Å²) in [4.78, 5) is 37.7. The Kier molecular flexibility index (Phi) is 5.95. The highest BCUT2D eigenvalue weighted by Crippen LogP contribution is 2.25.